The fraction of sp³-hybridized carbons (Fsp3) is 0.786. The molecule has 0 N–H and O–H groups in total. The van der Waals surface area contributed by atoms with Crippen LogP contribution in [0.3, 0.4) is 0 Å². The monoisotopic (exact) mass is 242 g/mol. The summed E-state index contributed by atoms with van der Waals surface area (Å²) in [6, 6.07) is 0. The molecule has 0 aromatic carbocycles. The van der Waals surface area contributed by atoms with Crippen molar-refractivity contribution >= 4 is 5.97 Å². The minimum atomic E-state index is -0.313. The molecule has 0 aliphatic heterocycles. The topological polar surface area (TPSA) is 35.5 Å². The maximum Gasteiger partial charge on any atom is 0.333 e. The van der Waals surface area contributed by atoms with E-state index in [9.17, 15) is 4.79 Å². The van der Waals surface area contributed by atoms with Gasteiger partial charge in [0, 0.05) is 12.0 Å². The van der Waals surface area contributed by atoms with Gasteiger partial charge in [0.05, 0.1) is 12.2 Å². The van der Waals surface area contributed by atoms with Crippen molar-refractivity contribution in [3.05, 3.63) is 12.2 Å². The molecule has 0 aromatic rings. The van der Waals surface area contributed by atoms with Gasteiger partial charge >= 0.3 is 5.97 Å². The van der Waals surface area contributed by atoms with Gasteiger partial charge in [0.2, 0.25) is 0 Å². The van der Waals surface area contributed by atoms with Crippen molar-refractivity contribution in [3.8, 4) is 0 Å². The van der Waals surface area contributed by atoms with Crippen LogP contribution < -0.4 is 0 Å². The first kappa shape index (κ1) is 16.2. The van der Waals surface area contributed by atoms with Crippen molar-refractivity contribution in [1.29, 1.82) is 0 Å². The number of carbonyl (C=O) groups excluding carboxylic acids is 1. The Labute approximate surface area is 105 Å². The number of hydrogen-bond donors (Lipinski definition) is 0. The number of hydrogen-bond acceptors (Lipinski definition) is 3. The van der Waals surface area contributed by atoms with Crippen molar-refractivity contribution < 1.29 is 14.3 Å². The summed E-state index contributed by atoms with van der Waals surface area (Å²) in [5.74, 6) is -0.313. The maximum atomic E-state index is 11.4. The van der Waals surface area contributed by atoms with Crippen LogP contribution in [0.5, 0.6) is 0 Å². The van der Waals surface area contributed by atoms with Crippen molar-refractivity contribution in [2.75, 3.05) is 6.61 Å². The first-order valence-corrected chi connectivity index (χ1v) is 6.32. The average Bonchev–Trinajstić information content (AvgIpc) is 2.27. The lowest BCUT2D eigenvalue weighted by molar-refractivity contribution is -0.145. The molecule has 17 heavy (non-hydrogen) atoms. The summed E-state index contributed by atoms with van der Waals surface area (Å²) >= 11 is 0. The van der Waals surface area contributed by atoms with Crippen LogP contribution in [-0.4, -0.2) is 24.3 Å². The second-order valence-electron chi connectivity index (χ2n) is 4.97. The summed E-state index contributed by atoms with van der Waals surface area (Å²) in [7, 11) is 0. The molecular weight excluding hydrogens is 216 g/mol. The van der Waals surface area contributed by atoms with Gasteiger partial charge in [-0.05, 0) is 33.6 Å². The fourth-order valence-electron chi connectivity index (χ4n) is 1.17. The molecule has 0 rings (SSSR count). The van der Waals surface area contributed by atoms with Crippen LogP contribution in [0.1, 0.15) is 53.9 Å². The molecule has 0 saturated heterocycles. The molecule has 0 aromatic heterocycles. The van der Waals surface area contributed by atoms with Crippen molar-refractivity contribution in [1.82, 2.24) is 0 Å². The van der Waals surface area contributed by atoms with E-state index in [1.54, 1.807) is 6.92 Å². The summed E-state index contributed by atoms with van der Waals surface area (Å²) in [6.07, 6.45) is 2.43. The largest absolute Gasteiger partial charge is 0.459 e. The van der Waals surface area contributed by atoms with Gasteiger partial charge in [0.25, 0.3) is 0 Å². The molecule has 3 nitrogen and oxygen atoms in total. The summed E-state index contributed by atoms with van der Waals surface area (Å²) in [6.45, 7) is 14.1. The van der Waals surface area contributed by atoms with Gasteiger partial charge in [-0.25, -0.2) is 4.79 Å². The number of carbonyl (C=O) groups is 1. The molecule has 0 spiro atoms. The summed E-state index contributed by atoms with van der Waals surface area (Å²) in [4.78, 5) is 11.4. The van der Waals surface area contributed by atoms with Crippen LogP contribution in [0.15, 0.2) is 12.2 Å². The van der Waals surface area contributed by atoms with Gasteiger partial charge < -0.3 is 9.47 Å². The quantitative estimate of drug-likeness (QED) is 0.483. The highest BCUT2D eigenvalue weighted by Gasteiger charge is 2.17. The third kappa shape index (κ3) is 7.16. The Kier molecular flexibility index (Phi) is 7.12. The maximum absolute atomic E-state index is 11.4. The van der Waals surface area contributed by atoms with E-state index in [1.807, 2.05) is 6.92 Å². The normalized spacial score (nSPS) is 13.2. The second kappa shape index (κ2) is 7.49. The fourth-order valence-corrected chi connectivity index (χ4v) is 1.17. The van der Waals surface area contributed by atoms with E-state index in [4.69, 9.17) is 9.47 Å². The molecule has 3 heteroatoms. The third-order valence-corrected chi connectivity index (χ3v) is 2.86. The molecule has 1 atom stereocenters. The number of rotatable bonds is 8. The molecule has 0 bridgehead atoms. The van der Waals surface area contributed by atoms with E-state index in [1.165, 1.54) is 0 Å². The minimum Gasteiger partial charge on any atom is -0.459 e. The van der Waals surface area contributed by atoms with E-state index in [0.717, 1.165) is 19.3 Å². The van der Waals surface area contributed by atoms with Crippen LogP contribution in [0, 0.1) is 0 Å². The summed E-state index contributed by atoms with van der Waals surface area (Å²) in [5.41, 5.74) is 0.342. The molecule has 100 valence electrons. The Morgan fingerprint density at radius 2 is 1.94 bits per heavy atom. The van der Waals surface area contributed by atoms with E-state index in [-0.39, 0.29) is 17.7 Å². The van der Waals surface area contributed by atoms with Crippen LogP contribution in [0.25, 0.3) is 0 Å². The zero-order valence-corrected chi connectivity index (χ0v) is 11.8. The Hall–Kier alpha value is -0.830. The Balaban J connectivity index is 3.99. The molecular formula is C14H26O3. The molecule has 0 heterocycles. The molecule has 0 aliphatic carbocycles. The van der Waals surface area contributed by atoms with Gasteiger partial charge in [-0.15, -0.1) is 0 Å². The third-order valence-electron chi connectivity index (χ3n) is 2.86. The van der Waals surface area contributed by atoms with Gasteiger partial charge in [-0.2, -0.15) is 0 Å². The van der Waals surface area contributed by atoms with Crippen LogP contribution in [0.2, 0.25) is 0 Å². The van der Waals surface area contributed by atoms with Gasteiger partial charge in [-0.3, -0.25) is 0 Å². The van der Waals surface area contributed by atoms with Crippen LogP contribution >= 0.6 is 0 Å². The molecule has 0 saturated carbocycles. The Bertz CT molecular complexity index is 256. The number of ether oxygens (including phenoxy) is 2. The zero-order valence-electron chi connectivity index (χ0n) is 11.8. The van der Waals surface area contributed by atoms with Crippen molar-refractivity contribution in [2.45, 2.75) is 65.6 Å². The van der Waals surface area contributed by atoms with Crippen molar-refractivity contribution in [2.24, 2.45) is 0 Å². The lowest BCUT2D eigenvalue weighted by Crippen LogP contribution is -2.26. The lowest BCUT2D eigenvalue weighted by atomic mass is 10.1. The molecule has 0 amide bonds. The standard InChI is InChI=1S/C14H26O3/c1-7-12(17-13(15)11(3)4)9-10-16-14(5,6)8-2/h12H,3,7-10H2,1-2,4-6H3. The minimum absolute atomic E-state index is 0.0770. The second-order valence-corrected chi connectivity index (χ2v) is 4.97. The van der Waals surface area contributed by atoms with E-state index in [0.29, 0.717) is 12.2 Å². The zero-order chi connectivity index (χ0) is 13.5. The first-order valence-electron chi connectivity index (χ1n) is 6.32. The highest BCUT2D eigenvalue weighted by Crippen LogP contribution is 2.15. The highest BCUT2D eigenvalue weighted by molar-refractivity contribution is 5.87. The lowest BCUT2D eigenvalue weighted by Gasteiger charge is -2.25. The predicted molar refractivity (Wildman–Crippen MR) is 69.9 cm³/mol. The predicted octanol–water partition coefficient (Wildman–Crippen LogP) is 3.48. The molecule has 0 radical (unpaired) electrons. The van der Waals surface area contributed by atoms with E-state index >= 15 is 0 Å². The average molecular weight is 242 g/mol. The van der Waals surface area contributed by atoms with Gasteiger partial charge in [-0.1, -0.05) is 20.4 Å². The molecule has 0 aliphatic rings. The first-order chi connectivity index (χ1) is 7.82. The molecule has 1 unspecified atom stereocenters. The summed E-state index contributed by atoms with van der Waals surface area (Å²) in [5, 5.41) is 0. The van der Waals surface area contributed by atoms with E-state index < -0.39 is 0 Å². The van der Waals surface area contributed by atoms with Crippen LogP contribution in [-0.2, 0) is 14.3 Å². The highest BCUT2D eigenvalue weighted by atomic mass is 16.5. The van der Waals surface area contributed by atoms with Gasteiger partial charge in [0.15, 0.2) is 0 Å². The number of esters is 1. The van der Waals surface area contributed by atoms with Crippen LogP contribution in [0.4, 0.5) is 0 Å². The van der Waals surface area contributed by atoms with Crippen molar-refractivity contribution in [3.63, 3.8) is 0 Å². The Morgan fingerprint density at radius 3 is 2.35 bits per heavy atom. The van der Waals surface area contributed by atoms with Gasteiger partial charge in [0.1, 0.15) is 6.10 Å². The van der Waals surface area contributed by atoms with E-state index in [2.05, 4.69) is 27.4 Å². The molecule has 0 fully saturated rings. The summed E-state index contributed by atoms with van der Waals surface area (Å²) < 4.78 is 11.0. The SMILES string of the molecule is C=C(C)C(=O)OC(CC)CCOC(C)(C)CC. The Morgan fingerprint density at radius 1 is 1.35 bits per heavy atom. The smallest absolute Gasteiger partial charge is 0.333 e.